The minimum Gasteiger partial charge on any atom is -0.479 e. The van der Waals surface area contributed by atoms with E-state index in [2.05, 4.69) is 39.0 Å². The lowest BCUT2D eigenvalue weighted by atomic mass is 9.73. The molecule has 0 aliphatic carbocycles. The Balaban J connectivity index is 1.82. The van der Waals surface area contributed by atoms with Gasteiger partial charge in [0, 0.05) is 18.9 Å². The summed E-state index contributed by atoms with van der Waals surface area (Å²) >= 11 is 0. The van der Waals surface area contributed by atoms with Gasteiger partial charge in [-0.3, -0.25) is 0 Å². The Kier molecular flexibility index (Phi) is 13.0. The number of esters is 1. The Morgan fingerprint density at radius 3 is 2.64 bits per heavy atom. The lowest BCUT2D eigenvalue weighted by molar-refractivity contribution is -0.198. The Labute approximate surface area is 250 Å². The molecule has 232 valence electrons. The molecular weight excluding hydrogens is 536 g/mol. The molecule has 3 aliphatic rings. The Morgan fingerprint density at radius 1 is 1.12 bits per heavy atom. The quantitative estimate of drug-likeness (QED) is 0.287. The van der Waals surface area contributed by atoms with Crippen LogP contribution in [0.4, 0.5) is 0 Å². The van der Waals surface area contributed by atoms with Crippen LogP contribution in [0, 0.1) is 17.3 Å². The fraction of sp³-hybridized carbons (Fsp3) is 0.588. The first kappa shape index (κ1) is 33.7. The molecule has 0 amide bonds. The van der Waals surface area contributed by atoms with Gasteiger partial charge in [0.2, 0.25) is 0 Å². The van der Waals surface area contributed by atoms with Gasteiger partial charge < -0.3 is 29.5 Å². The summed E-state index contributed by atoms with van der Waals surface area (Å²) in [7, 11) is 0. The van der Waals surface area contributed by atoms with Gasteiger partial charge in [0.05, 0.1) is 36.4 Å². The van der Waals surface area contributed by atoms with Gasteiger partial charge in [-0.2, -0.15) is 0 Å². The van der Waals surface area contributed by atoms with Crippen molar-refractivity contribution in [3.05, 3.63) is 72.4 Å². The third kappa shape index (κ3) is 9.63. The van der Waals surface area contributed by atoms with Crippen molar-refractivity contribution in [2.75, 3.05) is 6.61 Å². The van der Waals surface area contributed by atoms with Crippen LogP contribution in [0.25, 0.3) is 0 Å². The number of ether oxygens (including phenoxy) is 3. The zero-order chi connectivity index (χ0) is 30.7. The molecule has 2 fully saturated rings. The second-order valence-corrected chi connectivity index (χ2v) is 12.1. The van der Waals surface area contributed by atoms with Gasteiger partial charge in [0.15, 0.2) is 6.10 Å². The largest absolute Gasteiger partial charge is 0.479 e. The normalized spacial score (nSPS) is 39.7. The number of carbonyl (C=O) groups is 2. The first-order chi connectivity index (χ1) is 20.0. The second kappa shape index (κ2) is 16.2. The van der Waals surface area contributed by atoms with Crippen LogP contribution in [-0.4, -0.2) is 70.5 Å². The Morgan fingerprint density at radius 2 is 1.90 bits per heavy atom. The van der Waals surface area contributed by atoms with E-state index in [4.69, 9.17) is 19.3 Å². The third-order valence-electron chi connectivity index (χ3n) is 8.73. The summed E-state index contributed by atoms with van der Waals surface area (Å²) in [5.74, 6) is -0.822. The molecular formula is C34H48O8. The maximum Gasteiger partial charge on any atom is 0.332 e. The number of aliphatic hydroxyl groups excluding tert-OH is 2. The lowest BCUT2D eigenvalue weighted by Crippen LogP contribution is -2.55. The standard InChI is InChI=1S/C34H48O8/c1-23-13-7-5-8-15-27-21-31(34(4,22-35)30(41-27)17-12-11-16-28(36)33(38)39)42-32(37)18-10-6-9-14-26-20-24(2)25(3)29(19-23)40-26/h6-13,15,18-19,24-31,35-36H,5,14,16-17,20-22H2,1-4H3,(H,38,39)/b9-6+,12-11-,13-7+,15-8+,18-10+,23-19+/t24-,25+,26-,27+,28?,29+,30-,31+,34-/m0/s1. The van der Waals surface area contributed by atoms with Gasteiger partial charge in [-0.25, -0.2) is 9.59 Å². The van der Waals surface area contributed by atoms with Gasteiger partial charge in [-0.1, -0.05) is 87.1 Å². The molecule has 0 spiro atoms. The molecule has 2 saturated heterocycles. The topological polar surface area (TPSA) is 123 Å². The van der Waals surface area contributed by atoms with Crippen molar-refractivity contribution in [2.45, 2.75) is 103 Å². The van der Waals surface area contributed by atoms with Crippen molar-refractivity contribution in [3.8, 4) is 0 Å². The van der Waals surface area contributed by atoms with E-state index in [0.29, 0.717) is 31.1 Å². The van der Waals surface area contributed by atoms with Gasteiger partial charge >= 0.3 is 11.9 Å². The molecule has 0 aromatic rings. The van der Waals surface area contributed by atoms with Crippen LogP contribution in [-0.2, 0) is 23.8 Å². The SMILES string of the molecule is CC1=C\[C@H]2O[C@@H](C/C=C/C=C/C(=O)O[C@@H]3C[C@@H](/C=C/C\C=C\1)O[C@@H](C/C=C\CC(O)C(=O)O)[C@]3(C)CO)C[C@H](C)[C@H]2C. The number of fused-ring (bicyclic) bond motifs is 4. The van der Waals surface area contributed by atoms with Crippen molar-refractivity contribution < 1.29 is 39.1 Å². The van der Waals surface area contributed by atoms with E-state index in [0.717, 1.165) is 18.4 Å². The number of rotatable bonds is 6. The molecule has 0 aromatic carbocycles. The summed E-state index contributed by atoms with van der Waals surface area (Å²) in [5.41, 5.74) is 0.265. The number of hydrogen-bond acceptors (Lipinski definition) is 7. The highest BCUT2D eigenvalue weighted by Crippen LogP contribution is 2.41. The van der Waals surface area contributed by atoms with Gasteiger partial charge in [0.1, 0.15) is 6.10 Å². The highest BCUT2D eigenvalue weighted by molar-refractivity contribution is 5.82. The van der Waals surface area contributed by atoms with Crippen molar-refractivity contribution in [3.63, 3.8) is 0 Å². The maximum atomic E-state index is 12.8. The number of aliphatic carboxylic acids is 1. The summed E-state index contributed by atoms with van der Waals surface area (Å²) < 4.78 is 18.7. The van der Waals surface area contributed by atoms with E-state index < -0.39 is 35.7 Å². The first-order valence-electron chi connectivity index (χ1n) is 15.1. The third-order valence-corrected chi connectivity index (χ3v) is 8.73. The Bertz CT molecular complexity index is 1090. The minimum absolute atomic E-state index is 0.0380. The average Bonchev–Trinajstić information content (AvgIpc) is 2.94. The van der Waals surface area contributed by atoms with Crippen LogP contribution in [0.15, 0.2) is 72.4 Å². The fourth-order valence-electron chi connectivity index (χ4n) is 5.69. The van der Waals surface area contributed by atoms with E-state index in [1.807, 2.05) is 31.2 Å². The van der Waals surface area contributed by atoms with E-state index >= 15 is 0 Å². The fourth-order valence-corrected chi connectivity index (χ4v) is 5.69. The van der Waals surface area contributed by atoms with E-state index in [9.17, 15) is 19.8 Å². The summed E-state index contributed by atoms with van der Waals surface area (Å²) in [6, 6.07) is 0. The van der Waals surface area contributed by atoms with E-state index in [-0.39, 0.29) is 31.3 Å². The second-order valence-electron chi connectivity index (χ2n) is 12.1. The molecule has 3 N–H and O–H groups in total. The molecule has 8 heteroatoms. The zero-order valence-corrected chi connectivity index (χ0v) is 25.3. The van der Waals surface area contributed by atoms with Crippen LogP contribution >= 0.6 is 0 Å². The monoisotopic (exact) mass is 584 g/mol. The number of carbonyl (C=O) groups excluding carboxylic acids is 1. The number of allylic oxidation sites excluding steroid dienone is 6. The smallest absolute Gasteiger partial charge is 0.332 e. The Hall–Kier alpha value is -2.78. The molecule has 8 nitrogen and oxygen atoms in total. The summed E-state index contributed by atoms with van der Waals surface area (Å²) in [6.07, 6.45) is 21.0. The summed E-state index contributed by atoms with van der Waals surface area (Å²) in [6.45, 7) is 8.17. The van der Waals surface area contributed by atoms with Crippen LogP contribution in [0.2, 0.25) is 0 Å². The molecule has 3 rings (SSSR count). The van der Waals surface area contributed by atoms with E-state index in [1.54, 1.807) is 18.2 Å². The first-order valence-corrected chi connectivity index (χ1v) is 15.1. The van der Waals surface area contributed by atoms with Crippen molar-refractivity contribution in [2.24, 2.45) is 17.3 Å². The van der Waals surface area contributed by atoms with Crippen LogP contribution in [0.5, 0.6) is 0 Å². The van der Waals surface area contributed by atoms with Crippen LogP contribution in [0.3, 0.4) is 0 Å². The highest BCUT2D eigenvalue weighted by Gasteiger charge is 2.49. The molecule has 4 bridgehead atoms. The number of hydrogen-bond donors (Lipinski definition) is 3. The highest BCUT2D eigenvalue weighted by atomic mass is 16.6. The van der Waals surface area contributed by atoms with Crippen molar-refractivity contribution >= 4 is 11.9 Å². The zero-order valence-electron chi connectivity index (χ0n) is 25.3. The average molecular weight is 585 g/mol. The maximum absolute atomic E-state index is 12.8. The predicted octanol–water partition coefficient (Wildman–Crippen LogP) is 5.23. The molecule has 0 radical (unpaired) electrons. The molecule has 42 heavy (non-hydrogen) atoms. The minimum atomic E-state index is -1.48. The molecule has 0 saturated carbocycles. The van der Waals surface area contributed by atoms with Gasteiger partial charge in [0.25, 0.3) is 0 Å². The molecule has 1 unspecified atom stereocenters. The summed E-state index contributed by atoms with van der Waals surface area (Å²) in [4.78, 5) is 23.7. The number of aliphatic hydroxyl groups is 2. The van der Waals surface area contributed by atoms with Crippen LogP contribution < -0.4 is 0 Å². The van der Waals surface area contributed by atoms with Crippen molar-refractivity contribution in [1.82, 2.24) is 0 Å². The summed E-state index contributed by atoms with van der Waals surface area (Å²) in [5, 5.41) is 28.9. The van der Waals surface area contributed by atoms with Crippen molar-refractivity contribution in [1.29, 1.82) is 0 Å². The lowest BCUT2D eigenvalue weighted by Gasteiger charge is -2.47. The molecule has 3 heterocycles. The predicted molar refractivity (Wildman–Crippen MR) is 162 cm³/mol. The van der Waals surface area contributed by atoms with Gasteiger partial charge in [-0.05, 0) is 44.4 Å². The molecule has 0 aromatic heterocycles. The van der Waals surface area contributed by atoms with Gasteiger partial charge in [-0.15, -0.1) is 0 Å². The van der Waals surface area contributed by atoms with E-state index in [1.165, 1.54) is 6.08 Å². The number of carboxylic acid groups (broad SMARTS) is 1. The van der Waals surface area contributed by atoms with Crippen LogP contribution in [0.1, 0.15) is 66.2 Å². The molecule has 9 atom stereocenters. The molecule has 3 aliphatic heterocycles. The number of carboxylic acids is 1.